The summed E-state index contributed by atoms with van der Waals surface area (Å²) in [7, 11) is 4.16. The summed E-state index contributed by atoms with van der Waals surface area (Å²) in [6.07, 6.45) is 2.11. The first kappa shape index (κ1) is 15.8. The SMILES string of the molecule is CCCNc1cc(C)ccc1C(=O)N1CCC(N(C)C)C1. The molecule has 1 saturated heterocycles. The Bertz CT molecular complexity index is 499. The Morgan fingerprint density at radius 1 is 1.43 bits per heavy atom. The summed E-state index contributed by atoms with van der Waals surface area (Å²) in [5.41, 5.74) is 2.95. The van der Waals surface area contributed by atoms with Crippen LogP contribution in [0.5, 0.6) is 0 Å². The number of hydrogen-bond acceptors (Lipinski definition) is 3. The molecule has 0 radical (unpaired) electrons. The fourth-order valence-corrected chi connectivity index (χ4v) is 2.77. The molecule has 1 unspecified atom stereocenters. The predicted molar refractivity (Wildman–Crippen MR) is 88.0 cm³/mol. The normalized spacial score (nSPS) is 18.3. The number of amides is 1. The van der Waals surface area contributed by atoms with E-state index in [4.69, 9.17) is 0 Å². The Hall–Kier alpha value is -1.55. The number of carbonyl (C=O) groups is 1. The molecule has 1 heterocycles. The Labute approximate surface area is 128 Å². The van der Waals surface area contributed by atoms with Gasteiger partial charge in [0.25, 0.3) is 5.91 Å². The molecule has 1 amide bonds. The molecule has 1 aromatic rings. The maximum absolute atomic E-state index is 12.8. The van der Waals surface area contributed by atoms with Crippen LogP contribution in [0, 0.1) is 6.92 Å². The number of hydrogen-bond donors (Lipinski definition) is 1. The molecular formula is C17H27N3O. The van der Waals surface area contributed by atoms with E-state index < -0.39 is 0 Å². The molecule has 0 bridgehead atoms. The summed E-state index contributed by atoms with van der Waals surface area (Å²) in [4.78, 5) is 17.0. The number of anilines is 1. The molecule has 1 N–H and O–H groups in total. The number of carbonyl (C=O) groups excluding carboxylic acids is 1. The average molecular weight is 289 g/mol. The highest BCUT2D eigenvalue weighted by Gasteiger charge is 2.29. The molecule has 4 heteroatoms. The van der Waals surface area contributed by atoms with Crippen molar-refractivity contribution in [2.24, 2.45) is 0 Å². The van der Waals surface area contributed by atoms with E-state index in [1.165, 1.54) is 5.56 Å². The smallest absolute Gasteiger partial charge is 0.256 e. The first-order valence-corrected chi connectivity index (χ1v) is 7.83. The van der Waals surface area contributed by atoms with E-state index in [1.807, 2.05) is 17.0 Å². The van der Waals surface area contributed by atoms with E-state index in [0.29, 0.717) is 6.04 Å². The van der Waals surface area contributed by atoms with Gasteiger partial charge in [0.05, 0.1) is 5.56 Å². The van der Waals surface area contributed by atoms with E-state index in [1.54, 1.807) is 0 Å². The number of aryl methyl sites for hydroxylation is 1. The fourth-order valence-electron chi connectivity index (χ4n) is 2.77. The number of benzene rings is 1. The lowest BCUT2D eigenvalue weighted by molar-refractivity contribution is 0.0784. The lowest BCUT2D eigenvalue weighted by atomic mass is 10.1. The third-order valence-electron chi connectivity index (χ3n) is 4.15. The first-order valence-electron chi connectivity index (χ1n) is 7.83. The Kier molecular flexibility index (Phi) is 5.23. The second kappa shape index (κ2) is 6.94. The van der Waals surface area contributed by atoms with E-state index >= 15 is 0 Å². The van der Waals surface area contributed by atoms with Gasteiger partial charge in [0.1, 0.15) is 0 Å². The zero-order chi connectivity index (χ0) is 15.4. The summed E-state index contributed by atoms with van der Waals surface area (Å²) in [6, 6.07) is 6.52. The van der Waals surface area contributed by atoms with Crippen LogP contribution in [0.1, 0.15) is 35.7 Å². The molecule has 1 aliphatic rings. The largest absolute Gasteiger partial charge is 0.384 e. The van der Waals surface area contributed by atoms with Gasteiger partial charge in [-0.05, 0) is 51.6 Å². The zero-order valence-corrected chi connectivity index (χ0v) is 13.6. The van der Waals surface area contributed by atoms with Gasteiger partial charge in [-0.15, -0.1) is 0 Å². The van der Waals surface area contributed by atoms with Crippen molar-refractivity contribution in [3.8, 4) is 0 Å². The molecule has 1 aromatic carbocycles. The Morgan fingerprint density at radius 2 is 2.19 bits per heavy atom. The molecule has 0 spiro atoms. The maximum atomic E-state index is 12.8. The summed E-state index contributed by atoms with van der Waals surface area (Å²) >= 11 is 0. The molecule has 2 rings (SSSR count). The molecule has 1 fully saturated rings. The van der Waals surface area contributed by atoms with Crippen molar-refractivity contribution in [2.45, 2.75) is 32.7 Å². The van der Waals surface area contributed by atoms with E-state index in [0.717, 1.165) is 43.7 Å². The number of likely N-dealkylation sites (N-methyl/N-ethyl adjacent to an activating group) is 1. The highest BCUT2D eigenvalue weighted by atomic mass is 16.2. The molecule has 21 heavy (non-hydrogen) atoms. The van der Waals surface area contributed by atoms with E-state index in [9.17, 15) is 4.79 Å². The first-order chi connectivity index (χ1) is 10.0. The summed E-state index contributed by atoms with van der Waals surface area (Å²) in [5, 5.41) is 3.38. The topological polar surface area (TPSA) is 35.6 Å². The Balaban J connectivity index is 2.15. The average Bonchev–Trinajstić information content (AvgIpc) is 2.94. The summed E-state index contributed by atoms with van der Waals surface area (Å²) < 4.78 is 0. The minimum Gasteiger partial charge on any atom is -0.384 e. The highest BCUT2D eigenvalue weighted by Crippen LogP contribution is 2.22. The van der Waals surface area contributed by atoms with Crippen molar-refractivity contribution in [2.75, 3.05) is 39.0 Å². The Morgan fingerprint density at radius 3 is 2.81 bits per heavy atom. The van der Waals surface area contributed by atoms with Crippen molar-refractivity contribution in [3.05, 3.63) is 29.3 Å². The van der Waals surface area contributed by atoms with Gasteiger partial charge < -0.3 is 15.1 Å². The molecule has 116 valence electrons. The minimum absolute atomic E-state index is 0.151. The number of likely N-dealkylation sites (tertiary alicyclic amines) is 1. The van der Waals surface area contributed by atoms with Crippen LogP contribution in [0.2, 0.25) is 0 Å². The second-order valence-corrected chi connectivity index (χ2v) is 6.13. The number of nitrogens with one attached hydrogen (secondary N) is 1. The highest BCUT2D eigenvalue weighted by molar-refractivity contribution is 6.00. The van der Waals surface area contributed by atoms with E-state index in [-0.39, 0.29) is 5.91 Å². The maximum Gasteiger partial charge on any atom is 0.256 e. The van der Waals surface area contributed by atoms with Crippen LogP contribution >= 0.6 is 0 Å². The van der Waals surface area contributed by atoms with Crippen LogP contribution in [-0.4, -0.2) is 55.5 Å². The third kappa shape index (κ3) is 3.76. The molecule has 1 atom stereocenters. The van der Waals surface area contributed by atoms with Crippen molar-refractivity contribution in [3.63, 3.8) is 0 Å². The van der Waals surface area contributed by atoms with Crippen LogP contribution in [-0.2, 0) is 0 Å². The monoisotopic (exact) mass is 289 g/mol. The lowest BCUT2D eigenvalue weighted by Gasteiger charge is -2.21. The molecule has 4 nitrogen and oxygen atoms in total. The van der Waals surface area contributed by atoms with Gasteiger partial charge in [-0.1, -0.05) is 13.0 Å². The predicted octanol–water partition coefficient (Wildman–Crippen LogP) is 2.59. The van der Waals surface area contributed by atoms with Crippen molar-refractivity contribution < 1.29 is 4.79 Å². The van der Waals surface area contributed by atoms with Crippen LogP contribution in [0.25, 0.3) is 0 Å². The molecule has 1 aliphatic heterocycles. The minimum atomic E-state index is 0.151. The van der Waals surface area contributed by atoms with Crippen molar-refractivity contribution in [1.29, 1.82) is 0 Å². The van der Waals surface area contributed by atoms with Crippen molar-refractivity contribution in [1.82, 2.24) is 9.80 Å². The van der Waals surface area contributed by atoms with Gasteiger partial charge in [0, 0.05) is 31.4 Å². The van der Waals surface area contributed by atoms with E-state index in [2.05, 4.69) is 44.2 Å². The van der Waals surface area contributed by atoms with Gasteiger partial charge in [-0.2, -0.15) is 0 Å². The number of rotatable bonds is 5. The van der Waals surface area contributed by atoms with Crippen LogP contribution in [0.3, 0.4) is 0 Å². The lowest BCUT2D eigenvalue weighted by Crippen LogP contribution is -2.34. The van der Waals surface area contributed by atoms with Crippen LogP contribution in [0.15, 0.2) is 18.2 Å². The van der Waals surface area contributed by atoms with Gasteiger partial charge in [-0.3, -0.25) is 4.79 Å². The molecule has 0 aromatic heterocycles. The quantitative estimate of drug-likeness (QED) is 0.905. The summed E-state index contributed by atoms with van der Waals surface area (Å²) in [5.74, 6) is 0.151. The van der Waals surface area contributed by atoms with Gasteiger partial charge >= 0.3 is 0 Å². The molecule has 0 aliphatic carbocycles. The van der Waals surface area contributed by atoms with Gasteiger partial charge in [0.2, 0.25) is 0 Å². The fraction of sp³-hybridized carbons (Fsp3) is 0.588. The molecule has 0 saturated carbocycles. The summed E-state index contributed by atoms with van der Waals surface area (Å²) in [6.45, 7) is 6.76. The molecular weight excluding hydrogens is 262 g/mol. The van der Waals surface area contributed by atoms with Crippen LogP contribution in [0.4, 0.5) is 5.69 Å². The van der Waals surface area contributed by atoms with Gasteiger partial charge in [-0.25, -0.2) is 0 Å². The van der Waals surface area contributed by atoms with Crippen molar-refractivity contribution >= 4 is 11.6 Å². The second-order valence-electron chi connectivity index (χ2n) is 6.13. The standard InChI is InChI=1S/C17H27N3O/c1-5-9-18-16-11-13(2)6-7-15(16)17(21)20-10-8-14(12-20)19(3)4/h6-7,11,14,18H,5,8-10,12H2,1-4H3. The third-order valence-corrected chi connectivity index (χ3v) is 4.15. The van der Waals surface area contributed by atoms with Gasteiger partial charge in [0.15, 0.2) is 0 Å². The zero-order valence-electron chi connectivity index (χ0n) is 13.6. The van der Waals surface area contributed by atoms with Crippen LogP contribution < -0.4 is 5.32 Å². The number of nitrogens with zero attached hydrogens (tertiary/aromatic N) is 2.